The number of amides is 1. The molecule has 0 radical (unpaired) electrons. The quantitative estimate of drug-likeness (QED) is 0.808. The molecule has 0 heterocycles. The number of hydrogen-bond donors (Lipinski definition) is 2. The third-order valence-electron chi connectivity index (χ3n) is 1.98. The molecule has 7 heteroatoms. The maximum absolute atomic E-state index is 13.0. The highest BCUT2D eigenvalue weighted by molar-refractivity contribution is 5.96. The summed E-state index contributed by atoms with van der Waals surface area (Å²) in [6, 6.07) is 3.28. The first kappa shape index (κ1) is 14.3. The van der Waals surface area contributed by atoms with Gasteiger partial charge in [0.15, 0.2) is 0 Å². The van der Waals surface area contributed by atoms with Gasteiger partial charge in [0, 0.05) is 6.54 Å². The van der Waals surface area contributed by atoms with Crippen molar-refractivity contribution in [3.05, 3.63) is 29.6 Å². The van der Waals surface area contributed by atoms with Crippen molar-refractivity contribution < 1.29 is 22.7 Å². The zero-order chi connectivity index (χ0) is 13.5. The van der Waals surface area contributed by atoms with Gasteiger partial charge < -0.3 is 15.8 Å². The molecule has 0 aliphatic rings. The van der Waals surface area contributed by atoms with E-state index in [4.69, 9.17) is 10.5 Å². The summed E-state index contributed by atoms with van der Waals surface area (Å²) in [4.78, 5) is 11.6. The van der Waals surface area contributed by atoms with Gasteiger partial charge in [0.2, 0.25) is 0 Å². The number of carbonyl (C=O) groups excluding carboxylic acids is 1. The molecule has 100 valence electrons. The SMILES string of the molecule is NCCOc1ccc(F)cc1C(=O)NCC(F)F. The van der Waals surface area contributed by atoms with Crippen molar-refractivity contribution in [3.8, 4) is 5.75 Å². The molecule has 0 unspecified atom stereocenters. The zero-order valence-corrected chi connectivity index (χ0v) is 9.46. The van der Waals surface area contributed by atoms with Gasteiger partial charge in [-0.1, -0.05) is 0 Å². The molecule has 1 aromatic carbocycles. The predicted octanol–water partition coefficient (Wildman–Crippen LogP) is 1.16. The predicted molar refractivity (Wildman–Crippen MR) is 59.3 cm³/mol. The number of carbonyl (C=O) groups is 1. The van der Waals surface area contributed by atoms with E-state index in [9.17, 15) is 18.0 Å². The van der Waals surface area contributed by atoms with Crippen LogP contribution in [0.1, 0.15) is 10.4 Å². The van der Waals surface area contributed by atoms with Gasteiger partial charge in [-0.15, -0.1) is 0 Å². The molecule has 0 saturated carbocycles. The molecule has 0 atom stereocenters. The van der Waals surface area contributed by atoms with Crippen molar-refractivity contribution in [2.24, 2.45) is 5.73 Å². The van der Waals surface area contributed by atoms with E-state index in [0.717, 1.165) is 12.1 Å². The average Bonchev–Trinajstić information content (AvgIpc) is 2.34. The molecule has 1 aromatic rings. The van der Waals surface area contributed by atoms with Gasteiger partial charge in [-0.25, -0.2) is 13.2 Å². The summed E-state index contributed by atoms with van der Waals surface area (Å²) in [5, 5.41) is 1.98. The molecule has 3 N–H and O–H groups in total. The second-order valence-corrected chi connectivity index (χ2v) is 3.38. The van der Waals surface area contributed by atoms with Crippen molar-refractivity contribution in [3.63, 3.8) is 0 Å². The van der Waals surface area contributed by atoms with E-state index in [-0.39, 0.29) is 24.5 Å². The third kappa shape index (κ3) is 4.25. The van der Waals surface area contributed by atoms with E-state index in [1.165, 1.54) is 6.07 Å². The number of alkyl halides is 2. The monoisotopic (exact) mass is 262 g/mol. The number of nitrogens with two attached hydrogens (primary N) is 1. The fourth-order valence-electron chi connectivity index (χ4n) is 1.24. The van der Waals surface area contributed by atoms with Crippen molar-refractivity contribution in [2.75, 3.05) is 19.7 Å². The Bertz CT molecular complexity index is 413. The highest BCUT2D eigenvalue weighted by Gasteiger charge is 2.15. The Morgan fingerprint density at radius 2 is 2.17 bits per heavy atom. The van der Waals surface area contributed by atoms with E-state index < -0.39 is 24.7 Å². The van der Waals surface area contributed by atoms with Crippen LogP contribution in [0, 0.1) is 5.82 Å². The van der Waals surface area contributed by atoms with Crippen molar-refractivity contribution in [1.29, 1.82) is 0 Å². The zero-order valence-electron chi connectivity index (χ0n) is 9.46. The maximum Gasteiger partial charge on any atom is 0.255 e. The van der Waals surface area contributed by atoms with E-state index >= 15 is 0 Å². The second-order valence-electron chi connectivity index (χ2n) is 3.38. The van der Waals surface area contributed by atoms with Crippen molar-refractivity contribution in [1.82, 2.24) is 5.32 Å². The van der Waals surface area contributed by atoms with Gasteiger partial charge in [0.1, 0.15) is 18.2 Å². The lowest BCUT2D eigenvalue weighted by atomic mass is 10.2. The highest BCUT2D eigenvalue weighted by Crippen LogP contribution is 2.19. The lowest BCUT2D eigenvalue weighted by Gasteiger charge is -2.11. The summed E-state index contributed by atoms with van der Waals surface area (Å²) in [6.07, 6.45) is -2.67. The van der Waals surface area contributed by atoms with Gasteiger partial charge in [-0.2, -0.15) is 0 Å². The minimum absolute atomic E-state index is 0.105. The largest absolute Gasteiger partial charge is 0.491 e. The van der Waals surface area contributed by atoms with Gasteiger partial charge in [0.25, 0.3) is 12.3 Å². The third-order valence-corrected chi connectivity index (χ3v) is 1.98. The minimum atomic E-state index is -2.67. The van der Waals surface area contributed by atoms with E-state index in [2.05, 4.69) is 0 Å². The average molecular weight is 262 g/mol. The topological polar surface area (TPSA) is 64.3 Å². The van der Waals surface area contributed by atoms with E-state index in [1.807, 2.05) is 5.32 Å². The van der Waals surface area contributed by atoms with Crippen LogP contribution in [0.3, 0.4) is 0 Å². The molecule has 0 aliphatic carbocycles. The van der Waals surface area contributed by atoms with Crippen LogP contribution in [0.2, 0.25) is 0 Å². The van der Waals surface area contributed by atoms with E-state index in [0.29, 0.717) is 0 Å². The number of benzene rings is 1. The Labute approximate surface area is 102 Å². The summed E-state index contributed by atoms with van der Waals surface area (Å²) in [5.74, 6) is -1.37. The molecule has 0 fully saturated rings. The number of nitrogens with one attached hydrogen (secondary N) is 1. The van der Waals surface area contributed by atoms with Crippen LogP contribution in [0.15, 0.2) is 18.2 Å². The Hall–Kier alpha value is -1.76. The van der Waals surface area contributed by atoms with Gasteiger partial charge in [0.05, 0.1) is 12.1 Å². The molecule has 4 nitrogen and oxygen atoms in total. The Kier molecular flexibility index (Phi) is 5.44. The maximum atomic E-state index is 13.0. The summed E-state index contributed by atoms with van der Waals surface area (Å²) in [5.41, 5.74) is 5.10. The molecule has 0 saturated heterocycles. The molecule has 0 spiro atoms. The smallest absolute Gasteiger partial charge is 0.255 e. The van der Waals surface area contributed by atoms with Gasteiger partial charge in [-0.05, 0) is 18.2 Å². The second kappa shape index (κ2) is 6.85. The molecule has 0 aliphatic heterocycles. The van der Waals surface area contributed by atoms with Crippen LogP contribution in [0.4, 0.5) is 13.2 Å². The molecular formula is C11H13F3N2O2. The first-order valence-corrected chi connectivity index (χ1v) is 5.23. The molecule has 0 bridgehead atoms. The van der Waals surface area contributed by atoms with Crippen LogP contribution in [0.25, 0.3) is 0 Å². The normalized spacial score (nSPS) is 10.5. The Balaban J connectivity index is 2.83. The molecule has 1 amide bonds. The number of hydrogen-bond acceptors (Lipinski definition) is 3. The van der Waals surface area contributed by atoms with Crippen LogP contribution in [-0.4, -0.2) is 32.0 Å². The first-order valence-electron chi connectivity index (χ1n) is 5.23. The summed E-state index contributed by atoms with van der Waals surface area (Å²) < 4.78 is 42.1. The van der Waals surface area contributed by atoms with Crippen molar-refractivity contribution >= 4 is 5.91 Å². The summed E-state index contributed by atoms with van der Waals surface area (Å²) in [6.45, 7) is -0.443. The van der Waals surface area contributed by atoms with E-state index in [1.54, 1.807) is 0 Å². The summed E-state index contributed by atoms with van der Waals surface area (Å²) in [7, 11) is 0. The van der Waals surface area contributed by atoms with Crippen LogP contribution in [0.5, 0.6) is 5.75 Å². The van der Waals surface area contributed by atoms with Crippen molar-refractivity contribution in [2.45, 2.75) is 6.43 Å². The van der Waals surface area contributed by atoms with Gasteiger partial charge in [-0.3, -0.25) is 4.79 Å². The number of ether oxygens (including phenoxy) is 1. The molecule has 18 heavy (non-hydrogen) atoms. The molecule has 1 rings (SSSR count). The number of rotatable bonds is 6. The van der Waals surface area contributed by atoms with Gasteiger partial charge >= 0.3 is 0 Å². The highest BCUT2D eigenvalue weighted by atomic mass is 19.3. The fourth-order valence-corrected chi connectivity index (χ4v) is 1.24. The first-order chi connectivity index (χ1) is 8.54. The lowest BCUT2D eigenvalue weighted by molar-refractivity contribution is 0.0887. The lowest BCUT2D eigenvalue weighted by Crippen LogP contribution is -2.29. The summed E-state index contributed by atoms with van der Waals surface area (Å²) >= 11 is 0. The standard InChI is InChI=1S/C11H13F3N2O2/c12-7-1-2-9(18-4-3-15)8(5-7)11(17)16-6-10(13)14/h1-2,5,10H,3-4,6,15H2,(H,16,17). The van der Waals surface area contributed by atoms with Crippen LogP contribution >= 0.6 is 0 Å². The molecular weight excluding hydrogens is 249 g/mol. The fraction of sp³-hybridized carbons (Fsp3) is 0.364. The molecule has 0 aromatic heterocycles. The minimum Gasteiger partial charge on any atom is -0.491 e. The Morgan fingerprint density at radius 3 is 2.78 bits per heavy atom. The number of halogens is 3. The van der Waals surface area contributed by atoms with Crippen LogP contribution < -0.4 is 15.8 Å². The van der Waals surface area contributed by atoms with Crippen LogP contribution in [-0.2, 0) is 0 Å². The Morgan fingerprint density at radius 1 is 1.44 bits per heavy atom.